The van der Waals surface area contributed by atoms with Gasteiger partial charge in [0.05, 0.1) is 11.5 Å². The van der Waals surface area contributed by atoms with Gasteiger partial charge in [-0.3, -0.25) is 0 Å². The molecule has 0 saturated carbocycles. The van der Waals surface area contributed by atoms with E-state index in [1.54, 1.807) is 0 Å². The molecule has 0 aromatic rings. The van der Waals surface area contributed by atoms with Crippen LogP contribution in [0.25, 0.3) is 0 Å². The quantitative estimate of drug-likeness (QED) is 0.771. The lowest BCUT2D eigenvalue weighted by Gasteiger charge is -2.35. The van der Waals surface area contributed by atoms with Crippen molar-refractivity contribution < 1.29 is 8.42 Å². The maximum atomic E-state index is 11.5. The zero-order chi connectivity index (χ0) is 13.1. The summed E-state index contributed by atoms with van der Waals surface area (Å²) >= 11 is 0. The second-order valence-corrected chi connectivity index (χ2v) is 7.97. The van der Waals surface area contributed by atoms with Gasteiger partial charge in [-0.25, -0.2) is 8.42 Å². The van der Waals surface area contributed by atoms with Crippen molar-refractivity contribution >= 4 is 9.84 Å². The third kappa shape index (κ3) is 4.23. The molecule has 1 heterocycles. The molecule has 0 amide bonds. The number of hydrogen-bond acceptors (Lipinski definition) is 4. The molecular formula is C12H26N2O2S. The molecule has 2 atom stereocenters. The highest BCUT2D eigenvalue weighted by Crippen LogP contribution is 2.26. The van der Waals surface area contributed by atoms with Gasteiger partial charge in [-0.1, -0.05) is 20.3 Å². The van der Waals surface area contributed by atoms with E-state index in [0.717, 1.165) is 25.8 Å². The van der Waals surface area contributed by atoms with E-state index >= 15 is 0 Å². The van der Waals surface area contributed by atoms with E-state index in [1.165, 1.54) is 0 Å². The van der Waals surface area contributed by atoms with Gasteiger partial charge in [-0.05, 0) is 31.8 Å². The minimum atomic E-state index is -2.79. The Morgan fingerprint density at radius 2 is 2.12 bits per heavy atom. The molecule has 17 heavy (non-hydrogen) atoms. The van der Waals surface area contributed by atoms with Gasteiger partial charge in [0, 0.05) is 12.6 Å². The van der Waals surface area contributed by atoms with E-state index in [9.17, 15) is 8.42 Å². The number of hydrogen-bond donors (Lipinski definition) is 1. The normalized spacial score (nSPS) is 27.2. The van der Waals surface area contributed by atoms with Crippen LogP contribution >= 0.6 is 0 Å². The summed E-state index contributed by atoms with van der Waals surface area (Å²) in [5.41, 5.74) is 5.96. The van der Waals surface area contributed by atoms with Gasteiger partial charge in [-0.15, -0.1) is 0 Å². The van der Waals surface area contributed by atoms with E-state index in [2.05, 4.69) is 18.7 Å². The Hall–Kier alpha value is -0.130. The molecule has 0 radical (unpaired) electrons. The Morgan fingerprint density at radius 3 is 2.53 bits per heavy atom. The van der Waals surface area contributed by atoms with Crippen LogP contribution in [-0.4, -0.2) is 51.0 Å². The molecule has 1 aliphatic heterocycles. The molecule has 0 aromatic heterocycles. The number of nitrogens with two attached hydrogens (primary N) is 1. The minimum Gasteiger partial charge on any atom is -0.330 e. The molecule has 102 valence electrons. The summed E-state index contributed by atoms with van der Waals surface area (Å²) in [6.45, 7) is 5.90. The van der Waals surface area contributed by atoms with E-state index in [-0.39, 0.29) is 11.5 Å². The van der Waals surface area contributed by atoms with Gasteiger partial charge in [0.2, 0.25) is 0 Å². The molecule has 1 saturated heterocycles. The molecule has 1 fully saturated rings. The highest BCUT2D eigenvalue weighted by Gasteiger charge is 2.33. The van der Waals surface area contributed by atoms with Crippen molar-refractivity contribution in [3.05, 3.63) is 0 Å². The third-order valence-electron chi connectivity index (χ3n) is 3.81. The molecular weight excluding hydrogens is 236 g/mol. The third-order valence-corrected chi connectivity index (χ3v) is 5.56. The van der Waals surface area contributed by atoms with Crippen LogP contribution < -0.4 is 5.73 Å². The van der Waals surface area contributed by atoms with Gasteiger partial charge in [0.1, 0.15) is 0 Å². The van der Waals surface area contributed by atoms with Crippen LogP contribution in [0.3, 0.4) is 0 Å². The summed E-state index contributed by atoms with van der Waals surface area (Å²) in [5, 5.41) is 0. The van der Waals surface area contributed by atoms with Crippen molar-refractivity contribution in [3.63, 3.8) is 0 Å². The fraction of sp³-hybridized carbons (Fsp3) is 1.00. The van der Waals surface area contributed by atoms with Crippen LogP contribution in [-0.2, 0) is 9.84 Å². The lowest BCUT2D eigenvalue weighted by Crippen LogP contribution is -2.43. The first kappa shape index (κ1) is 14.9. The van der Waals surface area contributed by atoms with Crippen LogP contribution in [0.1, 0.15) is 33.1 Å². The van der Waals surface area contributed by atoms with Crippen molar-refractivity contribution in [1.82, 2.24) is 4.90 Å². The average molecular weight is 262 g/mol. The smallest absolute Gasteiger partial charge is 0.151 e. The lowest BCUT2D eigenvalue weighted by atomic mass is 9.85. The van der Waals surface area contributed by atoms with Gasteiger partial charge in [0.25, 0.3) is 0 Å². The molecule has 4 nitrogen and oxygen atoms in total. The molecule has 0 bridgehead atoms. The van der Waals surface area contributed by atoms with E-state index in [4.69, 9.17) is 5.73 Å². The number of nitrogens with zero attached hydrogens (tertiary/aromatic N) is 1. The maximum Gasteiger partial charge on any atom is 0.151 e. The van der Waals surface area contributed by atoms with E-state index < -0.39 is 9.84 Å². The highest BCUT2D eigenvalue weighted by molar-refractivity contribution is 7.91. The van der Waals surface area contributed by atoms with Crippen LogP contribution in [0.15, 0.2) is 0 Å². The monoisotopic (exact) mass is 262 g/mol. The molecule has 0 aliphatic carbocycles. The molecule has 1 aliphatic rings. The van der Waals surface area contributed by atoms with E-state index in [0.29, 0.717) is 18.1 Å². The first-order valence-corrected chi connectivity index (χ1v) is 8.25. The molecule has 0 aromatic carbocycles. The van der Waals surface area contributed by atoms with Crippen LogP contribution in [0.5, 0.6) is 0 Å². The first-order valence-electron chi connectivity index (χ1n) is 6.42. The van der Waals surface area contributed by atoms with Gasteiger partial charge >= 0.3 is 0 Å². The van der Waals surface area contributed by atoms with Gasteiger partial charge in [0.15, 0.2) is 9.84 Å². The summed E-state index contributed by atoms with van der Waals surface area (Å²) in [7, 11) is -0.765. The molecule has 0 spiro atoms. The standard InChI is InChI=1S/C12H26N2O2S/c1-4-6-12(2,9-13)10-14(3)11-5-7-17(15,16)8-11/h11H,4-10,13H2,1-3H3. The summed E-state index contributed by atoms with van der Waals surface area (Å²) in [4.78, 5) is 2.19. The zero-order valence-electron chi connectivity index (χ0n) is 11.3. The van der Waals surface area contributed by atoms with Crippen LogP contribution in [0, 0.1) is 5.41 Å². The second-order valence-electron chi connectivity index (χ2n) is 5.74. The largest absolute Gasteiger partial charge is 0.330 e. The number of sulfone groups is 1. The molecule has 2 N–H and O–H groups in total. The Balaban J connectivity index is 2.57. The van der Waals surface area contributed by atoms with Crippen LogP contribution in [0.4, 0.5) is 0 Å². The van der Waals surface area contributed by atoms with Crippen molar-refractivity contribution in [2.24, 2.45) is 11.1 Å². The van der Waals surface area contributed by atoms with E-state index in [1.807, 2.05) is 7.05 Å². The summed E-state index contributed by atoms with van der Waals surface area (Å²) < 4.78 is 22.9. The summed E-state index contributed by atoms with van der Waals surface area (Å²) in [6, 6.07) is 0.183. The second kappa shape index (κ2) is 5.67. The predicted octanol–water partition coefficient (Wildman–Crippen LogP) is 0.870. The first-order chi connectivity index (χ1) is 7.82. The Bertz CT molecular complexity index is 342. The summed E-state index contributed by atoms with van der Waals surface area (Å²) in [6.07, 6.45) is 2.98. The Labute approximate surface area is 105 Å². The zero-order valence-corrected chi connectivity index (χ0v) is 12.1. The number of rotatable bonds is 6. The summed E-state index contributed by atoms with van der Waals surface area (Å²) in [5.74, 6) is 0.658. The molecule has 2 unspecified atom stereocenters. The fourth-order valence-electron chi connectivity index (χ4n) is 2.70. The van der Waals surface area contributed by atoms with Crippen molar-refractivity contribution in [2.75, 3.05) is 31.6 Å². The minimum absolute atomic E-state index is 0.107. The Morgan fingerprint density at radius 1 is 1.47 bits per heavy atom. The molecule has 5 heteroatoms. The lowest BCUT2D eigenvalue weighted by molar-refractivity contribution is 0.153. The average Bonchev–Trinajstić information content (AvgIpc) is 2.59. The fourth-order valence-corrected chi connectivity index (χ4v) is 4.51. The predicted molar refractivity (Wildman–Crippen MR) is 71.8 cm³/mol. The van der Waals surface area contributed by atoms with Gasteiger partial charge in [-0.2, -0.15) is 0 Å². The molecule has 1 rings (SSSR count). The Kier molecular flexibility index (Phi) is 4.98. The van der Waals surface area contributed by atoms with Crippen molar-refractivity contribution in [1.29, 1.82) is 0 Å². The topological polar surface area (TPSA) is 63.4 Å². The maximum absolute atomic E-state index is 11.5. The van der Waals surface area contributed by atoms with Gasteiger partial charge < -0.3 is 10.6 Å². The van der Waals surface area contributed by atoms with Crippen molar-refractivity contribution in [3.8, 4) is 0 Å². The SMILES string of the molecule is CCCC(C)(CN)CN(C)C1CCS(=O)(=O)C1. The van der Waals surface area contributed by atoms with Crippen LogP contribution in [0.2, 0.25) is 0 Å². The van der Waals surface area contributed by atoms with Crippen molar-refractivity contribution in [2.45, 2.75) is 39.2 Å². The highest BCUT2D eigenvalue weighted by atomic mass is 32.2.